The van der Waals surface area contributed by atoms with Gasteiger partial charge in [-0.05, 0) is 12.1 Å². The van der Waals surface area contributed by atoms with Gasteiger partial charge in [0.2, 0.25) is 0 Å². The first-order valence-corrected chi connectivity index (χ1v) is 4.54. The smallest absolute Gasteiger partial charge is 0.255 e. The van der Waals surface area contributed by atoms with E-state index in [1.54, 1.807) is 0 Å². The first-order valence-electron chi connectivity index (χ1n) is 4.01. The Morgan fingerprint density at radius 1 is 1.43 bits per heavy atom. The molecule has 4 nitrogen and oxygen atoms in total. The average molecular weight is 216 g/mol. The van der Waals surface area contributed by atoms with Gasteiger partial charge in [-0.1, -0.05) is 0 Å². The normalized spacial score (nSPS) is 9.79. The monoisotopic (exact) mass is 215 g/mol. The Kier molecular flexibility index (Phi) is 3.59. The molecule has 0 aromatic heterocycles. The SMILES string of the molecule is O=C(NCCCl)c1ccc(O)cc1O. The van der Waals surface area contributed by atoms with Crippen molar-refractivity contribution in [2.24, 2.45) is 0 Å². The molecule has 0 saturated carbocycles. The predicted octanol–water partition coefficient (Wildman–Crippen LogP) is 1.07. The Morgan fingerprint density at radius 2 is 2.14 bits per heavy atom. The third-order valence-corrected chi connectivity index (χ3v) is 1.79. The summed E-state index contributed by atoms with van der Waals surface area (Å²) in [5, 5.41) is 20.8. The molecule has 0 heterocycles. The van der Waals surface area contributed by atoms with Crippen molar-refractivity contribution in [1.82, 2.24) is 5.32 Å². The Bertz CT molecular complexity index is 341. The first kappa shape index (κ1) is 10.7. The number of benzene rings is 1. The van der Waals surface area contributed by atoms with Crippen LogP contribution >= 0.6 is 11.6 Å². The van der Waals surface area contributed by atoms with Crippen LogP contribution in [0.15, 0.2) is 18.2 Å². The van der Waals surface area contributed by atoms with Crippen molar-refractivity contribution in [3.63, 3.8) is 0 Å². The molecule has 1 amide bonds. The molecule has 0 bridgehead atoms. The van der Waals surface area contributed by atoms with Crippen LogP contribution in [0.5, 0.6) is 11.5 Å². The van der Waals surface area contributed by atoms with Gasteiger partial charge in [-0.3, -0.25) is 4.79 Å². The van der Waals surface area contributed by atoms with Crippen molar-refractivity contribution >= 4 is 17.5 Å². The summed E-state index contributed by atoms with van der Waals surface area (Å²) in [6.07, 6.45) is 0. The lowest BCUT2D eigenvalue weighted by atomic mass is 10.2. The van der Waals surface area contributed by atoms with E-state index < -0.39 is 5.91 Å². The third-order valence-electron chi connectivity index (χ3n) is 1.61. The van der Waals surface area contributed by atoms with Crippen molar-refractivity contribution in [3.8, 4) is 11.5 Å². The van der Waals surface area contributed by atoms with E-state index in [0.717, 1.165) is 6.07 Å². The van der Waals surface area contributed by atoms with Gasteiger partial charge in [0.05, 0.1) is 5.56 Å². The van der Waals surface area contributed by atoms with Crippen molar-refractivity contribution in [2.45, 2.75) is 0 Å². The van der Waals surface area contributed by atoms with Crippen LogP contribution in [-0.2, 0) is 0 Å². The van der Waals surface area contributed by atoms with E-state index in [4.69, 9.17) is 16.7 Å². The predicted molar refractivity (Wildman–Crippen MR) is 52.8 cm³/mol. The molecule has 0 aliphatic rings. The van der Waals surface area contributed by atoms with Gasteiger partial charge in [0, 0.05) is 18.5 Å². The fourth-order valence-electron chi connectivity index (χ4n) is 0.968. The number of alkyl halides is 1. The number of phenolic OH excluding ortho intramolecular Hbond substituents is 2. The van der Waals surface area contributed by atoms with E-state index in [1.165, 1.54) is 12.1 Å². The van der Waals surface area contributed by atoms with Crippen molar-refractivity contribution < 1.29 is 15.0 Å². The van der Waals surface area contributed by atoms with Gasteiger partial charge in [0.25, 0.3) is 5.91 Å². The number of aromatic hydroxyl groups is 2. The Balaban J connectivity index is 2.80. The maximum atomic E-state index is 11.3. The summed E-state index contributed by atoms with van der Waals surface area (Å²) in [5.74, 6) is -0.443. The topological polar surface area (TPSA) is 69.6 Å². The Morgan fingerprint density at radius 3 is 2.71 bits per heavy atom. The summed E-state index contributed by atoms with van der Waals surface area (Å²) in [5.41, 5.74) is 0.118. The molecular weight excluding hydrogens is 206 g/mol. The van der Waals surface area contributed by atoms with Gasteiger partial charge in [-0.15, -0.1) is 11.6 Å². The van der Waals surface area contributed by atoms with Crippen LogP contribution in [0.25, 0.3) is 0 Å². The second-order valence-electron chi connectivity index (χ2n) is 2.65. The number of carbonyl (C=O) groups is 1. The second kappa shape index (κ2) is 4.72. The maximum absolute atomic E-state index is 11.3. The van der Waals surface area contributed by atoms with Crippen LogP contribution in [0, 0.1) is 0 Å². The number of amides is 1. The molecule has 0 unspecified atom stereocenters. The first-order chi connectivity index (χ1) is 6.65. The number of hydrogen-bond donors (Lipinski definition) is 3. The molecule has 3 N–H and O–H groups in total. The van der Waals surface area contributed by atoms with Gasteiger partial charge in [0.1, 0.15) is 11.5 Å². The zero-order valence-electron chi connectivity index (χ0n) is 7.33. The lowest BCUT2D eigenvalue weighted by molar-refractivity contribution is 0.0953. The van der Waals surface area contributed by atoms with Gasteiger partial charge in [-0.2, -0.15) is 0 Å². The third kappa shape index (κ3) is 2.53. The molecule has 1 aromatic rings. The Hall–Kier alpha value is -1.42. The summed E-state index contributed by atoms with van der Waals surface area (Å²) in [6, 6.07) is 3.78. The van der Waals surface area contributed by atoms with E-state index in [0.29, 0.717) is 12.4 Å². The van der Waals surface area contributed by atoms with Crippen LogP contribution < -0.4 is 5.32 Å². The van der Waals surface area contributed by atoms with Crippen molar-refractivity contribution in [2.75, 3.05) is 12.4 Å². The zero-order chi connectivity index (χ0) is 10.6. The molecule has 0 fully saturated rings. The van der Waals surface area contributed by atoms with E-state index in [-0.39, 0.29) is 17.1 Å². The van der Waals surface area contributed by atoms with E-state index in [1.807, 2.05) is 0 Å². The van der Waals surface area contributed by atoms with Crippen LogP contribution in [0.4, 0.5) is 0 Å². The van der Waals surface area contributed by atoms with Gasteiger partial charge in [0.15, 0.2) is 0 Å². The lowest BCUT2D eigenvalue weighted by Gasteiger charge is -2.05. The molecule has 0 spiro atoms. The fraction of sp³-hybridized carbons (Fsp3) is 0.222. The molecule has 76 valence electrons. The molecule has 14 heavy (non-hydrogen) atoms. The largest absolute Gasteiger partial charge is 0.508 e. The molecule has 0 aliphatic heterocycles. The van der Waals surface area contributed by atoms with Gasteiger partial charge in [-0.25, -0.2) is 0 Å². The van der Waals surface area contributed by atoms with Gasteiger partial charge >= 0.3 is 0 Å². The number of phenols is 2. The van der Waals surface area contributed by atoms with E-state index >= 15 is 0 Å². The zero-order valence-corrected chi connectivity index (χ0v) is 8.08. The highest BCUT2D eigenvalue weighted by Crippen LogP contribution is 2.22. The Labute approximate surface area is 86.1 Å². The van der Waals surface area contributed by atoms with Crippen LogP contribution in [-0.4, -0.2) is 28.5 Å². The maximum Gasteiger partial charge on any atom is 0.255 e. The standard InChI is InChI=1S/C9H10ClNO3/c10-3-4-11-9(14)7-2-1-6(12)5-8(7)13/h1-2,5,12-13H,3-4H2,(H,11,14). The van der Waals surface area contributed by atoms with Crippen molar-refractivity contribution in [1.29, 1.82) is 0 Å². The van der Waals surface area contributed by atoms with Crippen LogP contribution in [0.2, 0.25) is 0 Å². The number of nitrogens with one attached hydrogen (secondary N) is 1. The van der Waals surface area contributed by atoms with E-state index in [2.05, 4.69) is 5.32 Å². The molecule has 0 atom stereocenters. The second-order valence-corrected chi connectivity index (χ2v) is 3.02. The molecular formula is C9H10ClNO3. The highest BCUT2D eigenvalue weighted by molar-refractivity contribution is 6.18. The average Bonchev–Trinajstić information content (AvgIpc) is 2.14. The summed E-state index contributed by atoms with van der Waals surface area (Å²) < 4.78 is 0. The minimum Gasteiger partial charge on any atom is -0.508 e. The van der Waals surface area contributed by atoms with Gasteiger partial charge < -0.3 is 15.5 Å². The highest BCUT2D eigenvalue weighted by Gasteiger charge is 2.10. The quantitative estimate of drug-likeness (QED) is 0.661. The number of halogens is 1. The lowest BCUT2D eigenvalue weighted by Crippen LogP contribution is -2.25. The van der Waals surface area contributed by atoms with Crippen LogP contribution in [0.3, 0.4) is 0 Å². The molecule has 0 saturated heterocycles. The van der Waals surface area contributed by atoms with Crippen molar-refractivity contribution in [3.05, 3.63) is 23.8 Å². The number of hydrogen-bond acceptors (Lipinski definition) is 3. The summed E-state index contributed by atoms with van der Waals surface area (Å²) in [6.45, 7) is 0.334. The highest BCUT2D eigenvalue weighted by atomic mass is 35.5. The molecule has 5 heteroatoms. The molecule has 1 rings (SSSR count). The fourth-order valence-corrected chi connectivity index (χ4v) is 1.06. The number of carbonyl (C=O) groups excluding carboxylic acids is 1. The molecule has 1 aromatic carbocycles. The summed E-state index contributed by atoms with van der Waals surface area (Å²) in [7, 11) is 0. The minimum atomic E-state index is -0.414. The van der Waals surface area contributed by atoms with Crippen LogP contribution in [0.1, 0.15) is 10.4 Å². The summed E-state index contributed by atoms with van der Waals surface area (Å²) in [4.78, 5) is 11.3. The summed E-state index contributed by atoms with van der Waals surface area (Å²) >= 11 is 5.38. The van der Waals surface area contributed by atoms with E-state index in [9.17, 15) is 9.90 Å². The molecule has 0 aliphatic carbocycles. The molecule has 0 radical (unpaired) electrons. The minimum absolute atomic E-state index is 0.0867. The number of rotatable bonds is 3.